The summed E-state index contributed by atoms with van der Waals surface area (Å²) < 4.78 is 22.3. The molecule has 0 aromatic carbocycles. The molecule has 0 aliphatic carbocycles. The number of aliphatic carboxylic acids is 1. The van der Waals surface area contributed by atoms with Crippen LogP contribution in [-0.2, 0) is 19.4 Å². The van der Waals surface area contributed by atoms with Gasteiger partial charge in [0.15, 0.2) is 9.84 Å². The first kappa shape index (κ1) is 20.5. The van der Waals surface area contributed by atoms with Crippen LogP contribution < -0.4 is 56.5 Å². The molecule has 10 heteroatoms. The Morgan fingerprint density at radius 3 is 2.44 bits per heavy atom. The van der Waals surface area contributed by atoms with E-state index in [4.69, 9.17) is 11.6 Å². The molecule has 2 aliphatic heterocycles. The van der Waals surface area contributed by atoms with Crippen LogP contribution in [0.3, 0.4) is 0 Å². The number of halogens is 1. The molecule has 0 spiro atoms. The number of carboxylic acids is 1. The average molecular weight is 345 g/mol. The molecule has 2 heterocycles. The summed E-state index contributed by atoms with van der Waals surface area (Å²) in [7, 11) is -3.75. The summed E-state index contributed by atoms with van der Waals surface area (Å²) in [5.74, 6) is -2.45. The molecular weight excluding hydrogens is 336 g/mol. The van der Waals surface area contributed by atoms with Crippen LogP contribution in [0.2, 0.25) is 0 Å². The second-order valence-electron chi connectivity index (χ2n) is 4.17. The van der Waals surface area contributed by atoms with Crippen molar-refractivity contribution >= 4 is 84.7 Å². The first-order chi connectivity index (χ1) is 7.27. The van der Waals surface area contributed by atoms with Gasteiger partial charge in [-0.15, -0.1) is 11.6 Å². The zero-order chi connectivity index (χ0) is 12.3. The van der Waals surface area contributed by atoms with Crippen LogP contribution in [0.1, 0.15) is 13.3 Å². The molecule has 0 aromatic rings. The molecule has 1 radical (unpaired) electrons. The van der Waals surface area contributed by atoms with Crippen molar-refractivity contribution in [2.24, 2.45) is 0 Å². The number of rotatable bonds is 2. The zero-order valence-corrected chi connectivity index (χ0v) is 18.2. The smallest absolute Gasteiger partial charge is 0.548 e. The number of hydrogen-bond donors (Lipinski definition) is 0. The molecule has 3 atom stereocenters. The van der Waals surface area contributed by atoms with Gasteiger partial charge in [-0.25, -0.2) is 8.42 Å². The average Bonchev–Trinajstić information content (AvgIpc) is 2.32. The Morgan fingerprint density at radius 1 is 1.61 bits per heavy atom. The number of nitrogens with zero attached hydrogens (tertiary/aromatic N) is 1. The maximum absolute atomic E-state index is 12.0. The molecule has 0 bridgehead atoms. The van der Waals surface area contributed by atoms with Gasteiger partial charge in [-0.3, -0.25) is 4.79 Å². The van der Waals surface area contributed by atoms with E-state index in [1.807, 2.05) is 0 Å². The standard InChI is InChI=1S/C8H10ClNO5S.2K/c1-8(3-9)6(7(12)13)10-4(11)2-5(10)16(8,14)15;;/h5-6H,2-3H2,1H3,(H,12,13);;/q;;+1/p-1/t5-,6+,8+;;/m1../s1. The van der Waals surface area contributed by atoms with Gasteiger partial charge in [0.25, 0.3) is 0 Å². The van der Waals surface area contributed by atoms with Gasteiger partial charge in [0, 0.05) is 57.3 Å². The Hall–Kier alpha value is 2.45. The fourth-order valence-corrected chi connectivity index (χ4v) is 5.04. The Balaban J connectivity index is 0.00000144. The van der Waals surface area contributed by atoms with Crippen LogP contribution in [0.15, 0.2) is 0 Å². The molecule has 91 valence electrons. The summed E-state index contributed by atoms with van der Waals surface area (Å²) in [5.41, 5.74) is 0. The summed E-state index contributed by atoms with van der Waals surface area (Å²) >= 11 is 5.57. The van der Waals surface area contributed by atoms with E-state index in [0.717, 1.165) is 4.90 Å². The number of β-lactam (4-membered cyclic amide) rings is 1. The van der Waals surface area contributed by atoms with E-state index in [2.05, 4.69) is 0 Å². The van der Waals surface area contributed by atoms with Crippen molar-refractivity contribution in [1.29, 1.82) is 0 Å². The summed E-state index contributed by atoms with van der Waals surface area (Å²) in [6.07, 6.45) is -0.168. The molecule has 0 unspecified atom stereocenters. The minimum absolute atomic E-state index is 0. The molecule has 6 nitrogen and oxygen atoms in total. The molecule has 2 saturated heterocycles. The third-order valence-corrected chi connectivity index (χ3v) is 6.79. The van der Waals surface area contributed by atoms with Gasteiger partial charge in [-0.2, -0.15) is 0 Å². The van der Waals surface area contributed by atoms with Crippen molar-refractivity contribution < 1.29 is 74.5 Å². The number of carbonyl (C=O) groups excluding carboxylic acids is 2. The van der Waals surface area contributed by atoms with Crippen LogP contribution in [-0.4, -0.2) is 98.6 Å². The molecule has 0 saturated carbocycles. The van der Waals surface area contributed by atoms with Crippen molar-refractivity contribution in [2.45, 2.75) is 29.5 Å². The van der Waals surface area contributed by atoms with E-state index in [-0.39, 0.29) is 115 Å². The monoisotopic (exact) mass is 344 g/mol. The van der Waals surface area contributed by atoms with Gasteiger partial charge >= 0.3 is 51.4 Å². The number of carbonyl (C=O) groups is 2. The van der Waals surface area contributed by atoms with Gasteiger partial charge in [0.05, 0.1) is 18.4 Å². The summed E-state index contributed by atoms with van der Waals surface area (Å²) in [4.78, 5) is 23.1. The molecule has 2 aliphatic rings. The topological polar surface area (TPSA) is 94.6 Å². The van der Waals surface area contributed by atoms with Crippen LogP contribution in [0.5, 0.6) is 0 Å². The summed E-state index contributed by atoms with van der Waals surface area (Å²) in [6.45, 7) is 1.24. The van der Waals surface area contributed by atoms with Crippen molar-refractivity contribution in [3.05, 3.63) is 0 Å². The Labute approximate surface area is 195 Å². The van der Waals surface area contributed by atoms with Gasteiger partial charge in [0.1, 0.15) is 10.1 Å². The van der Waals surface area contributed by atoms with Crippen molar-refractivity contribution in [1.82, 2.24) is 4.90 Å². The number of alkyl halides is 1. The first-order valence-corrected chi connectivity index (χ1v) is 6.67. The molecular formula is C8H9ClK2NO5S. The number of amides is 1. The van der Waals surface area contributed by atoms with E-state index in [0.29, 0.717) is 0 Å². The fourth-order valence-electron chi connectivity index (χ4n) is 2.24. The minimum Gasteiger partial charge on any atom is -0.548 e. The van der Waals surface area contributed by atoms with Crippen LogP contribution in [0.25, 0.3) is 0 Å². The first-order valence-electron chi connectivity index (χ1n) is 4.59. The molecule has 2 fully saturated rings. The third kappa shape index (κ3) is 2.60. The van der Waals surface area contributed by atoms with Crippen LogP contribution >= 0.6 is 11.6 Å². The van der Waals surface area contributed by atoms with Gasteiger partial charge < -0.3 is 14.8 Å². The summed E-state index contributed by atoms with van der Waals surface area (Å²) in [6, 6.07) is -1.48. The maximum Gasteiger partial charge on any atom is 1.00 e. The van der Waals surface area contributed by atoms with Crippen molar-refractivity contribution in [3.8, 4) is 0 Å². The predicted octanol–water partition coefficient (Wildman–Crippen LogP) is -5.29. The molecule has 1 amide bonds. The molecule has 2 rings (SSSR count). The van der Waals surface area contributed by atoms with E-state index in [9.17, 15) is 23.1 Å². The van der Waals surface area contributed by atoms with Gasteiger partial charge in [-0.1, -0.05) is 0 Å². The number of fused-ring (bicyclic) bond motifs is 1. The Bertz CT molecular complexity index is 484. The second-order valence-corrected chi connectivity index (χ2v) is 7.01. The molecule has 0 N–H and O–H groups in total. The largest absolute Gasteiger partial charge is 1.00 e. The van der Waals surface area contributed by atoms with E-state index in [1.165, 1.54) is 6.92 Å². The fraction of sp³-hybridized carbons (Fsp3) is 0.750. The summed E-state index contributed by atoms with van der Waals surface area (Å²) in [5, 5.41) is 9.92. The Kier molecular flexibility index (Phi) is 7.61. The van der Waals surface area contributed by atoms with Gasteiger partial charge in [-0.05, 0) is 6.92 Å². The van der Waals surface area contributed by atoms with E-state index in [1.54, 1.807) is 0 Å². The van der Waals surface area contributed by atoms with E-state index >= 15 is 0 Å². The van der Waals surface area contributed by atoms with E-state index < -0.39 is 37.9 Å². The molecule has 0 aromatic heterocycles. The number of sulfone groups is 1. The quantitative estimate of drug-likeness (QED) is 0.283. The Morgan fingerprint density at radius 2 is 2.11 bits per heavy atom. The normalized spacial score (nSPS) is 35.9. The van der Waals surface area contributed by atoms with Crippen molar-refractivity contribution in [2.75, 3.05) is 5.88 Å². The maximum atomic E-state index is 12.0. The van der Waals surface area contributed by atoms with Crippen LogP contribution in [0.4, 0.5) is 0 Å². The number of carboxylic acid groups (broad SMARTS) is 1. The SMILES string of the molecule is C[C@]1(CCl)[C@H](C(=O)[O-])N2C(=O)C[C@H]2S1(=O)=O.[K+].[K]. The zero-order valence-electron chi connectivity index (χ0n) is 10.3. The predicted molar refractivity (Wildman–Crippen MR) is 57.8 cm³/mol. The van der Waals surface area contributed by atoms with Crippen molar-refractivity contribution in [3.63, 3.8) is 0 Å². The third-order valence-electron chi connectivity index (χ3n) is 3.30. The number of hydrogen-bond acceptors (Lipinski definition) is 5. The molecule has 18 heavy (non-hydrogen) atoms. The van der Waals surface area contributed by atoms with Gasteiger partial charge in [0.2, 0.25) is 5.91 Å². The second kappa shape index (κ2) is 6.70. The minimum atomic E-state index is -3.75. The van der Waals surface area contributed by atoms with Crippen LogP contribution in [0, 0.1) is 0 Å².